The van der Waals surface area contributed by atoms with Gasteiger partial charge < -0.3 is 4.74 Å². The summed E-state index contributed by atoms with van der Waals surface area (Å²) in [6.45, 7) is 2.13. The van der Waals surface area contributed by atoms with Crippen molar-refractivity contribution in [1.29, 1.82) is 0 Å². The predicted molar refractivity (Wildman–Crippen MR) is 64.5 cm³/mol. The largest absolute Gasteiger partial charge is 0.495 e. The van der Waals surface area contributed by atoms with Gasteiger partial charge in [0, 0.05) is 6.42 Å². The number of benzene rings is 1. The number of methoxy groups -OCH3 is 1. The number of terminal acetylenes is 1. The van der Waals surface area contributed by atoms with Crippen molar-refractivity contribution in [3.05, 3.63) is 28.8 Å². The lowest BCUT2D eigenvalue weighted by molar-refractivity contribution is 0.414. The molecule has 1 aromatic carbocycles. The molecule has 0 spiro atoms. The first-order chi connectivity index (χ1) is 7.22. The fourth-order valence-electron chi connectivity index (χ4n) is 1.58. The Kier molecular flexibility index (Phi) is 4.52. The van der Waals surface area contributed by atoms with Gasteiger partial charge in [-0.3, -0.25) is 0 Å². The van der Waals surface area contributed by atoms with Crippen molar-refractivity contribution in [3.63, 3.8) is 0 Å². The Morgan fingerprint density at radius 1 is 1.53 bits per heavy atom. The van der Waals surface area contributed by atoms with E-state index >= 15 is 0 Å². The van der Waals surface area contributed by atoms with E-state index in [0.29, 0.717) is 16.7 Å². The average molecular weight is 223 g/mol. The van der Waals surface area contributed by atoms with Crippen LogP contribution in [-0.4, -0.2) is 7.11 Å². The Hall–Kier alpha value is -1.13. The lowest BCUT2D eigenvalue weighted by Crippen LogP contribution is -1.96. The normalized spacial score (nSPS) is 11.9. The number of rotatable bonds is 4. The van der Waals surface area contributed by atoms with Crippen LogP contribution in [-0.2, 0) is 0 Å². The summed E-state index contributed by atoms with van der Waals surface area (Å²) in [6, 6.07) is 5.85. The van der Waals surface area contributed by atoms with E-state index < -0.39 is 0 Å². The minimum atomic E-state index is 0.387. The molecule has 0 saturated heterocycles. The standard InChI is InChI=1S/C13H15ClO/c1-4-6-10(5-2)11-7-8-13(15-3)12(14)9-11/h1,7-10H,5-6H2,2-3H3. The number of halogens is 1. The summed E-state index contributed by atoms with van der Waals surface area (Å²) in [5, 5.41) is 0.644. The van der Waals surface area contributed by atoms with Crippen molar-refractivity contribution in [3.8, 4) is 18.1 Å². The number of hydrogen-bond acceptors (Lipinski definition) is 1. The summed E-state index contributed by atoms with van der Waals surface area (Å²) >= 11 is 6.05. The highest BCUT2D eigenvalue weighted by Gasteiger charge is 2.10. The lowest BCUT2D eigenvalue weighted by atomic mass is 9.93. The molecular weight excluding hydrogens is 208 g/mol. The molecule has 1 nitrogen and oxygen atoms in total. The number of ether oxygens (including phenoxy) is 1. The van der Waals surface area contributed by atoms with E-state index in [1.165, 1.54) is 5.56 Å². The first-order valence-corrected chi connectivity index (χ1v) is 5.37. The molecule has 80 valence electrons. The van der Waals surface area contributed by atoms with Crippen molar-refractivity contribution in [2.75, 3.05) is 7.11 Å². The highest BCUT2D eigenvalue weighted by atomic mass is 35.5. The fourth-order valence-corrected chi connectivity index (χ4v) is 1.84. The Balaban J connectivity index is 2.95. The molecule has 1 aromatic rings. The zero-order chi connectivity index (χ0) is 11.3. The number of hydrogen-bond donors (Lipinski definition) is 0. The summed E-state index contributed by atoms with van der Waals surface area (Å²) in [6.07, 6.45) is 7.10. The third-order valence-corrected chi connectivity index (χ3v) is 2.80. The molecule has 15 heavy (non-hydrogen) atoms. The van der Waals surface area contributed by atoms with Gasteiger partial charge in [0.2, 0.25) is 0 Å². The van der Waals surface area contributed by atoms with Gasteiger partial charge in [-0.25, -0.2) is 0 Å². The van der Waals surface area contributed by atoms with Crippen molar-refractivity contribution in [2.24, 2.45) is 0 Å². The molecule has 0 fully saturated rings. The Morgan fingerprint density at radius 2 is 2.27 bits per heavy atom. The lowest BCUT2D eigenvalue weighted by Gasteiger charge is -2.13. The van der Waals surface area contributed by atoms with Gasteiger partial charge in [0.05, 0.1) is 12.1 Å². The molecule has 0 N–H and O–H groups in total. The highest BCUT2D eigenvalue weighted by molar-refractivity contribution is 6.32. The van der Waals surface area contributed by atoms with E-state index in [1.54, 1.807) is 7.11 Å². The third kappa shape index (κ3) is 2.91. The van der Waals surface area contributed by atoms with Crippen LogP contribution in [0.2, 0.25) is 5.02 Å². The molecule has 0 amide bonds. The Morgan fingerprint density at radius 3 is 2.73 bits per heavy atom. The van der Waals surface area contributed by atoms with Gasteiger partial charge >= 0.3 is 0 Å². The van der Waals surface area contributed by atoms with Crippen LogP contribution in [0.4, 0.5) is 0 Å². The van der Waals surface area contributed by atoms with Gasteiger partial charge in [0.1, 0.15) is 5.75 Å². The maximum absolute atomic E-state index is 6.05. The molecule has 2 heteroatoms. The monoisotopic (exact) mass is 222 g/mol. The predicted octanol–water partition coefficient (Wildman–Crippen LogP) is 3.87. The van der Waals surface area contributed by atoms with Crippen LogP contribution in [0, 0.1) is 12.3 Å². The smallest absolute Gasteiger partial charge is 0.137 e. The second kappa shape index (κ2) is 5.68. The average Bonchev–Trinajstić information content (AvgIpc) is 2.25. The summed E-state index contributed by atoms with van der Waals surface area (Å²) in [4.78, 5) is 0. The van der Waals surface area contributed by atoms with Crippen LogP contribution in [0.15, 0.2) is 18.2 Å². The molecule has 1 unspecified atom stereocenters. The van der Waals surface area contributed by atoms with Crippen molar-refractivity contribution < 1.29 is 4.74 Å². The second-order valence-corrected chi connectivity index (χ2v) is 3.81. The molecule has 0 radical (unpaired) electrons. The molecule has 1 atom stereocenters. The van der Waals surface area contributed by atoms with Crippen LogP contribution in [0.3, 0.4) is 0 Å². The summed E-state index contributed by atoms with van der Waals surface area (Å²) in [5.41, 5.74) is 1.18. The van der Waals surface area contributed by atoms with Crippen LogP contribution >= 0.6 is 11.6 Å². The van der Waals surface area contributed by atoms with Crippen LogP contribution < -0.4 is 4.74 Å². The first-order valence-electron chi connectivity index (χ1n) is 4.99. The van der Waals surface area contributed by atoms with Crippen LogP contribution in [0.25, 0.3) is 0 Å². The molecule has 1 rings (SSSR count). The Labute approximate surface area is 96.4 Å². The maximum atomic E-state index is 6.05. The molecular formula is C13H15ClO. The molecule has 0 aliphatic rings. The minimum absolute atomic E-state index is 0.387. The zero-order valence-corrected chi connectivity index (χ0v) is 9.84. The SMILES string of the molecule is C#CCC(CC)c1ccc(OC)c(Cl)c1. The van der Waals surface area contributed by atoms with Crippen LogP contribution in [0.5, 0.6) is 5.75 Å². The Bertz CT molecular complexity index is 365. The van der Waals surface area contributed by atoms with Crippen LogP contribution in [0.1, 0.15) is 31.2 Å². The summed E-state index contributed by atoms with van der Waals surface area (Å²) < 4.78 is 5.10. The quantitative estimate of drug-likeness (QED) is 0.703. The van der Waals surface area contributed by atoms with E-state index in [-0.39, 0.29) is 0 Å². The van der Waals surface area contributed by atoms with Gasteiger partial charge in [0.25, 0.3) is 0 Å². The molecule has 0 aromatic heterocycles. The van der Waals surface area contributed by atoms with Gasteiger partial charge in [-0.15, -0.1) is 12.3 Å². The van der Waals surface area contributed by atoms with E-state index in [2.05, 4.69) is 12.8 Å². The molecule has 0 heterocycles. The van der Waals surface area contributed by atoms with E-state index in [9.17, 15) is 0 Å². The van der Waals surface area contributed by atoms with Gasteiger partial charge in [-0.1, -0.05) is 24.6 Å². The maximum Gasteiger partial charge on any atom is 0.137 e. The van der Waals surface area contributed by atoms with E-state index in [4.69, 9.17) is 22.8 Å². The van der Waals surface area contributed by atoms with Crippen molar-refractivity contribution in [2.45, 2.75) is 25.7 Å². The van der Waals surface area contributed by atoms with E-state index in [1.807, 2.05) is 18.2 Å². The molecule has 0 bridgehead atoms. The van der Waals surface area contributed by atoms with Gasteiger partial charge in [-0.2, -0.15) is 0 Å². The third-order valence-electron chi connectivity index (χ3n) is 2.50. The summed E-state index contributed by atoms with van der Waals surface area (Å²) in [5.74, 6) is 3.78. The highest BCUT2D eigenvalue weighted by Crippen LogP contribution is 2.30. The molecule has 0 aliphatic heterocycles. The second-order valence-electron chi connectivity index (χ2n) is 3.41. The summed E-state index contributed by atoms with van der Waals surface area (Å²) in [7, 11) is 1.61. The first kappa shape index (κ1) is 11.9. The van der Waals surface area contributed by atoms with Crippen molar-refractivity contribution >= 4 is 11.6 Å². The molecule has 0 saturated carbocycles. The van der Waals surface area contributed by atoms with Crippen molar-refractivity contribution in [1.82, 2.24) is 0 Å². The fraction of sp³-hybridized carbons (Fsp3) is 0.385. The van der Waals surface area contributed by atoms with E-state index in [0.717, 1.165) is 12.8 Å². The van der Waals surface area contributed by atoms with Gasteiger partial charge in [0.15, 0.2) is 0 Å². The molecule has 0 aliphatic carbocycles. The topological polar surface area (TPSA) is 9.23 Å². The minimum Gasteiger partial charge on any atom is -0.495 e. The van der Waals surface area contributed by atoms with Gasteiger partial charge in [-0.05, 0) is 30.0 Å². The zero-order valence-electron chi connectivity index (χ0n) is 9.09.